The number of amides is 1. The molecule has 0 saturated carbocycles. The zero-order chi connectivity index (χ0) is 26.0. The van der Waals surface area contributed by atoms with Crippen LogP contribution in [0.2, 0.25) is 0 Å². The average Bonchev–Trinajstić information content (AvgIpc) is 3.18. The van der Waals surface area contributed by atoms with E-state index >= 15 is 0 Å². The van der Waals surface area contributed by atoms with Crippen LogP contribution in [0.3, 0.4) is 0 Å². The summed E-state index contributed by atoms with van der Waals surface area (Å²) in [6, 6.07) is 6.58. The molecule has 1 aromatic carbocycles. The number of ether oxygens (including phenoxy) is 1. The lowest BCUT2D eigenvalue weighted by Gasteiger charge is -2.39. The Balaban J connectivity index is 1.47. The van der Waals surface area contributed by atoms with Gasteiger partial charge in [0.15, 0.2) is 0 Å². The summed E-state index contributed by atoms with van der Waals surface area (Å²) >= 11 is 0. The Kier molecular flexibility index (Phi) is 7.70. The first-order chi connectivity index (χ1) is 17.1. The largest absolute Gasteiger partial charge is 0.462 e. The first kappa shape index (κ1) is 26.2. The molecule has 2 aliphatic rings. The highest BCUT2D eigenvalue weighted by Crippen LogP contribution is 2.31. The summed E-state index contributed by atoms with van der Waals surface area (Å²) in [5.41, 5.74) is 1.34. The van der Waals surface area contributed by atoms with Crippen molar-refractivity contribution in [3.05, 3.63) is 47.0 Å². The molecule has 3 heterocycles. The third kappa shape index (κ3) is 4.99. The van der Waals surface area contributed by atoms with E-state index in [9.17, 15) is 22.4 Å². The van der Waals surface area contributed by atoms with E-state index in [0.717, 1.165) is 0 Å². The molecule has 0 bridgehead atoms. The average molecular weight is 521 g/mol. The van der Waals surface area contributed by atoms with Gasteiger partial charge in [-0.3, -0.25) is 4.79 Å². The first-order valence-electron chi connectivity index (χ1n) is 12.3. The minimum atomic E-state index is -4.03. The molecule has 1 aromatic heterocycles. The van der Waals surface area contributed by atoms with E-state index in [1.807, 2.05) is 4.90 Å². The molecule has 36 heavy (non-hydrogen) atoms. The molecule has 0 aliphatic carbocycles. The van der Waals surface area contributed by atoms with Crippen molar-refractivity contribution >= 4 is 27.6 Å². The third-order valence-corrected chi connectivity index (χ3v) is 8.95. The molecule has 0 unspecified atom stereocenters. The van der Waals surface area contributed by atoms with E-state index in [4.69, 9.17) is 4.74 Å². The van der Waals surface area contributed by atoms with Crippen LogP contribution in [0.15, 0.2) is 29.2 Å². The first-order valence-corrected chi connectivity index (χ1v) is 13.7. The van der Waals surface area contributed by atoms with Crippen LogP contribution >= 0.6 is 0 Å². The van der Waals surface area contributed by atoms with Gasteiger partial charge in [0, 0.05) is 50.7 Å². The normalized spacial score (nSPS) is 19.4. The molecule has 0 radical (unpaired) electrons. The number of piperazine rings is 1. The number of halogens is 1. The number of esters is 1. The van der Waals surface area contributed by atoms with E-state index < -0.39 is 21.9 Å². The van der Waals surface area contributed by atoms with Crippen LogP contribution in [0.1, 0.15) is 41.5 Å². The predicted molar refractivity (Wildman–Crippen MR) is 133 cm³/mol. The van der Waals surface area contributed by atoms with E-state index in [2.05, 4.69) is 4.98 Å². The quantitative estimate of drug-likeness (QED) is 0.588. The molecule has 1 amide bonds. The topological polar surface area (TPSA) is 103 Å². The number of rotatable bonds is 6. The van der Waals surface area contributed by atoms with Crippen LogP contribution in [-0.4, -0.2) is 80.4 Å². The summed E-state index contributed by atoms with van der Waals surface area (Å²) in [4.78, 5) is 32.4. The minimum absolute atomic E-state index is 0.0204. The van der Waals surface area contributed by atoms with Crippen LogP contribution in [-0.2, 0) is 19.6 Å². The van der Waals surface area contributed by atoms with Crippen LogP contribution in [0.5, 0.6) is 0 Å². The number of anilines is 1. The smallest absolute Gasteiger partial charge is 0.341 e. The molecular formula is C25H33FN4O5S. The highest BCUT2D eigenvalue weighted by Gasteiger charge is 2.39. The van der Waals surface area contributed by atoms with Crippen molar-refractivity contribution < 1.29 is 27.1 Å². The molecule has 2 saturated heterocycles. The Labute approximate surface area is 211 Å². The molecule has 2 aliphatic heterocycles. The molecule has 1 atom stereocenters. The van der Waals surface area contributed by atoms with Gasteiger partial charge >= 0.3 is 5.97 Å². The monoisotopic (exact) mass is 520 g/mol. The Hall–Kier alpha value is -2.92. The third-order valence-electron chi connectivity index (χ3n) is 6.91. The van der Waals surface area contributed by atoms with E-state index in [-0.39, 0.29) is 41.9 Å². The number of nitrogens with zero attached hydrogens (tertiary/aromatic N) is 3. The Morgan fingerprint density at radius 1 is 1.08 bits per heavy atom. The maximum atomic E-state index is 14.2. The van der Waals surface area contributed by atoms with Gasteiger partial charge in [0.05, 0.1) is 18.2 Å². The number of aromatic nitrogens is 1. The van der Waals surface area contributed by atoms with Gasteiger partial charge in [-0.25, -0.2) is 17.6 Å². The Bertz CT molecular complexity index is 1240. The number of sulfonamides is 1. The van der Waals surface area contributed by atoms with Gasteiger partial charge in [-0.2, -0.15) is 4.31 Å². The Morgan fingerprint density at radius 3 is 2.44 bits per heavy atom. The van der Waals surface area contributed by atoms with E-state index in [0.29, 0.717) is 56.1 Å². The van der Waals surface area contributed by atoms with E-state index in [1.165, 1.54) is 10.4 Å². The number of para-hydroxylation sites is 1. The summed E-state index contributed by atoms with van der Waals surface area (Å²) in [6.45, 7) is 7.29. The second kappa shape index (κ2) is 10.6. The lowest BCUT2D eigenvalue weighted by Crippen LogP contribution is -2.53. The standard InChI is InChI=1S/C25H33FN4O5S/c1-4-35-25(32)22-17(2)27-18(3)23(22)36(33,34)30-11-7-8-19(16-30)24(31)29-14-12-28(13-15-29)21-10-6-5-9-20(21)26/h5-6,9-10,19,27H,4,7-8,11-16H2,1-3H3/t19-/m0/s1. The maximum Gasteiger partial charge on any atom is 0.341 e. The van der Waals surface area contributed by atoms with Crippen molar-refractivity contribution in [2.75, 3.05) is 50.8 Å². The summed E-state index contributed by atoms with van der Waals surface area (Å²) in [5, 5.41) is 0. The fraction of sp³-hybridized carbons (Fsp3) is 0.520. The fourth-order valence-electron chi connectivity index (χ4n) is 5.16. The summed E-state index contributed by atoms with van der Waals surface area (Å²) in [5.74, 6) is -1.53. The van der Waals surface area contributed by atoms with Gasteiger partial charge in [0.1, 0.15) is 16.3 Å². The van der Waals surface area contributed by atoms with Crippen LogP contribution in [0.25, 0.3) is 0 Å². The number of piperidine rings is 1. The number of carbonyl (C=O) groups excluding carboxylic acids is 2. The van der Waals surface area contributed by atoms with Gasteiger partial charge in [-0.15, -0.1) is 0 Å². The van der Waals surface area contributed by atoms with Gasteiger partial charge in [-0.05, 0) is 45.7 Å². The van der Waals surface area contributed by atoms with Crippen molar-refractivity contribution in [2.45, 2.75) is 38.5 Å². The number of hydrogen-bond acceptors (Lipinski definition) is 6. The molecule has 4 rings (SSSR count). The molecule has 196 valence electrons. The van der Waals surface area contributed by atoms with Crippen molar-refractivity contribution in [3.63, 3.8) is 0 Å². The Morgan fingerprint density at radius 2 is 1.78 bits per heavy atom. The predicted octanol–water partition coefficient (Wildman–Crippen LogP) is 2.70. The zero-order valence-electron chi connectivity index (χ0n) is 20.9. The van der Waals surface area contributed by atoms with Crippen molar-refractivity contribution in [1.82, 2.24) is 14.2 Å². The SMILES string of the molecule is CCOC(=O)c1c(C)[nH]c(C)c1S(=O)(=O)N1CCC[C@H](C(=O)N2CCN(c3ccccc3F)CC2)C1. The molecule has 9 nitrogen and oxygen atoms in total. The highest BCUT2D eigenvalue weighted by atomic mass is 32.2. The van der Waals surface area contributed by atoms with Crippen LogP contribution in [0, 0.1) is 25.6 Å². The summed E-state index contributed by atoms with van der Waals surface area (Å²) in [6.07, 6.45) is 1.14. The second-order valence-corrected chi connectivity index (χ2v) is 11.1. The number of aromatic amines is 1. The summed E-state index contributed by atoms with van der Waals surface area (Å²) in [7, 11) is -4.03. The molecule has 2 fully saturated rings. The summed E-state index contributed by atoms with van der Waals surface area (Å²) < 4.78 is 47.9. The molecule has 0 spiro atoms. The zero-order valence-corrected chi connectivity index (χ0v) is 21.7. The molecule has 2 aromatic rings. The number of carbonyl (C=O) groups is 2. The number of aryl methyl sites for hydroxylation is 2. The number of hydrogen-bond donors (Lipinski definition) is 1. The molecule has 1 N–H and O–H groups in total. The fourth-order valence-corrected chi connectivity index (χ4v) is 7.09. The van der Waals surface area contributed by atoms with E-state index in [1.54, 1.807) is 43.9 Å². The lowest BCUT2D eigenvalue weighted by molar-refractivity contribution is -0.137. The van der Waals surface area contributed by atoms with Gasteiger partial charge < -0.3 is 19.5 Å². The van der Waals surface area contributed by atoms with Crippen LogP contribution < -0.4 is 4.90 Å². The lowest BCUT2D eigenvalue weighted by atomic mass is 9.97. The van der Waals surface area contributed by atoms with Crippen LogP contribution in [0.4, 0.5) is 10.1 Å². The molecular weight excluding hydrogens is 487 g/mol. The maximum absolute atomic E-state index is 14.2. The number of nitrogens with one attached hydrogen (secondary N) is 1. The van der Waals surface area contributed by atoms with Crippen molar-refractivity contribution in [3.8, 4) is 0 Å². The number of benzene rings is 1. The second-order valence-electron chi connectivity index (χ2n) is 9.27. The van der Waals surface area contributed by atoms with Gasteiger partial charge in [0.25, 0.3) is 0 Å². The van der Waals surface area contributed by atoms with Gasteiger partial charge in [-0.1, -0.05) is 12.1 Å². The van der Waals surface area contributed by atoms with Crippen molar-refractivity contribution in [2.24, 2.45) is 5.92 Å². The van der Waals surface area contributed by atoms with Crippen molar-refractivity contribution in [1.29, 1.82) is 0 Å². The minimum Gasteiger partial charge on any atom is -0.462 e. The number of H-pyrrole nitrogens is 1. The highest BCUT2D eigenvalue weighted by molar-refractivity contribution is 7.89. The van der Waals surface area contributed by atoms with Gasteiger partial charge in [0.2, 0.25) is 15.9 Å². The molecule has 11 heteroatoms.